The second-order valence-electron chi connectivity index (χ2n) is 6.77. The van der Waals surface area contributed by atoms with Crippen molar-refractivity contribution in [3.05, 3.63) is 76.2 Å². The average Bonchev–Trinajstić information content (AvgIpc) is 3.37. The van der Waals surface area contributed by atoms with Gasteiger partial charge in [0.15, 0.2) is 0 Å². The Balaban J connectivity index is 1.58. The zero-order chi connectivity index (χ0) is 19.0. The summed E-state index contributed by atoms with van der Waals surface area (Å²) in [6.07, 6.45) is 1.61. The number of aryl methyl sites for hydroxylation is 2. The molecule has 4 aromatic rings. The predicted octanol–water partition coefficient (Wildman–Crippen LogP) is 4.85. The van der Waals surface area contributed by atoms with Gasteiger partial charge in [0, 0.05) is 5.39 Å². The summed E-state index contributed by atoms with van der Waals surface area (Å²) >= 11 is 1.47. The van der Waals surface area contributed by atoms with E-state index in [2.05, 4.69) is 41.6 Å². The SMILES string of the molecule is Cc1ccc(Cn2nc(C)c3cc(C(=O)N[C@H](C)c4ccco4)sc32)cc1. The Labute approximate surface area is 161 Å². The van der Waals surface area contributed by atoms with Crippen molar-refractivity contribution in [3.8, 4) is 0 Å². The first kappa shape index (κ1) is 17.5. The fourth-order valence-corrected chi connectivity index (χ4v) is 4.14. The monoisotopic (exact) mass is 379 g/mol. The molecule has 4 rings (SSSR count). The van der Waals surface area contributed by atoms with Gasteiger partial charge < -0.3 is 9.73 Å². The van der Waals surface area contributed by atoms with E-state index in [1.165, 1.54) is 22.5 Å². The molecule has 1 aromatic carbocycles. The van der Waals surface area contributed by atoms with Crippen LogP contribution in [0, 0.1) is 13.8 Å². The van der Waals surface area contributed by atoms with Gasteiger partial charge in [-0.3, -0.25) is 9.48 Å². The van der Waals surface area contributed by atoms with Crippen LogP contribution in [0.25, 0.3) is 10.2 Å². The number of rotatable bonds is 5. The van der Waals surface area contributed by atoms with E-state index in [1.54, 1.807) is 6.26 Å². The van der Waals surface area contributed by atoms with Crippen LogP contribution >= 0.6 is 11.3 Å². The number of thiophene rings is 1. The third kappa shape index (κ3) is 3.53. The second kappa shape index (κ2) is 7.04. The minimum absolute atomic E-state index is 0.0959. The maximum absolute atomic E-state index is 12.7. The van der Waals surface area contributed by atoms with E-state index < -0.39 is 0 Å². The predicted molar refractivity (Wildman–Crippen MR) is 107 cm³/mol. The number of nitrogens with zero attached hydrogens (tertiary/aromatic N) is 2. The number of furan rings is 1. The third-order valence-corrected chi connectivity index (χ3v) is 5.75. The molecule has 5 nitrogen and oxygen atoms in total. The largest absolute Gasteiger partial charge is 0.467 e. The lowest BCUT2D eigenvalue weighted by Crippen LogP contribution is -2.25. The van der Waals surface area contributed by atoms with Gasteiger partial charge in [-0.05, 0) is 44.5 Å². The highest BCUT2D eigenvalue weighted by atomic mass is 32.1. The first-order valence-corrected chi connectivity index (χ1v) is 9.69. The summed E-state index contributed by atoms with van der Waals surface area (Å²) in [7, 11) is 0. The van der Waals surface area contributed by atoms with Crippen molar-refractivity contribution in [2.45, 2.75) is 33.4 Å². The van der Waals surface area contributed by atoms with Crippen molar-refractivity contribution in [2.75, 3.05) is 0 Å². The molecule has 138 valence electrons. The van der Waals surface area contributed by atoms with Gasteiger partial charge in [0.2, 0.25) is 0 Å². The summed E-state index contributed by atoms with van der Waals surface area (Å²) in [5.41, 5.74) is 3.36. The smallest absolute Gasteiger partial charge is 0.262 e. The maximum Gasteiger partial charge on any atom is 0.262 e. The Morgan fingerprint density at radius 1 is 1.26 bits per heavy atom. The molecule has 0 aliphatic carbocycles. The van der Waals surface area contributed by atoms with Crippen LogP contribution in [0.1, 0.15) is 45.2 Å². The lowest BCUT2D eigenvalue weighted by Gasteiger charge is -2.10. The lowest BCUT2D eigenvalue weighted by molar-refractivity contribution is 0.0939. The van der Waals surface area contributed by atoms with Crippen molar-refractivity contribution < 1.29 is 9.21 Å². The summed E-state index contributed by atoms with van der Waals surface area (Å²) < 4.78 is 7.34. The summed E-state index contributed by atoms with van der Waals surface area (Å²) in [6.45, 7) is 6.66. The molecule has 1 N–H and O–H groups in total. The van der Waals surface area contributed by atoms with E-state index in [-0.39, 0.29) is 11.9 Å². The lowest BCUT2D eigenvalue weighted by atomic mass is 10.1. The van der Waals surface area contributed by atoms with E-state index in [0.29, 0.717) is 11.4 Å². The Bertz CT molecular complexity index is 1070. The van der Waals surface area contributed by atoms with Gasteiger partial charge in [-0.25, -0.2) is 0 Å². The molecular weight excluding hydrogens is 358 g/mol. The Morgan fingerprint density at radius 3 is 2.74 bits per heavy atom. The standard InChI is InChI=1S/C21H21N3O2S/c1-13-6-8-16(9-7-13)12-24-21-17(14(2)23-24)11-19(27-21)20(25)22-15(3)18-5-4-10-26-18/h4-11,15H,12H2,1-3H3,(H,22,25)/t15-/m1/s1. The van der Waals surface area contributed by atoms with Crippen molar-refractivity contribution in [2.24, 2.45) is 0 Å². The maximum atomic E-state index is 12.7. The molecule has 0 aliphatic heterocycles. The van der Waals surface area contributed by atoms with Gasteiger partial charge in [-0.15, -0.1) is 11.3 Å². The highest BCUT2D eigenvalue weighted by Gasteiger charge is 2.19. The van der Waals surface area contributed by atoms with Crippen LogP contribution in [-0.2, 0) is 6.54 Å². The Kier molecular flexibility index (Phi) is 4.58. The van der Waals surface area contributed by atoms with Gasteiger partial charge >= 0.3 is 0 Å². The summed E-state index contributed by atoms with van der Waals surface area (Å²) in [4.78, 5) is 14.4. The number of amides is 1. The van der Waals surface area contributed by atoms with Crippen LogP contribution in [-0.4, -0.2) is 15.7 Å². The van der Waals surface area contributed by atoms with Gasteiger partial charge in [0.05, 0.1) is 29.4 Å². The highest BCUT2D eigenvalue weighted by Crippen LogP contribution is 2.29. The number of hydrogen-bond donors (Lipinski definition) is 1. The van der Waals surface area contributed by atoms with Crippen LogP contribution < -0.4 is 5.32 Å². The Morgan fingerprint density at radius 2 is 2.04 bits per heavy atom. The third-order valence-electron chi connectivity index (χ3n) is 4.60. The van der Waals surface area contributed by atoms with Gasteiger partial charge in [0.25, 0.3) is 5.91 Å². The number of nitrogens with one attached hydrogen (secondary N) is 1. The molecule has 0 radical (unpaired) electrons. The molecule has 3 heterocycles. The zero-order valence-corrected chi connectivity index (χ0v) is 16.3. The minimum atomic E-state index is -0.178. The summed E-state index contributed by atoms with van der Waals surface area (Å²) in [5, 5.41) is 8.67. The number of fused-ring (bicyclic) bond motifs is 1. The fraction of sp³-hybridized carbons (Fsp3) is 0.238. The molecule has 0 unspecified atom stereocenters. The number of carbonyl (C=O) groups excluding carboxylic acids is 1. The molecule has 0 aliphatic rings. The zero-order valence-electron chi connectivity index (χ0n) is 15.5. The average molecular weight is 379 g/mol. The molecule has 0 bridgehead atoms. The molecule has 0 fully saturated rings. The van der Waals surface area contributed by atoms with Gasteiger partial charge in [0.1, 0.15) is 10.6 Å². The number of benzene rings is 1. The van der Waals surface area contributed by atoms with Crippen LogP contribution in [0.3, 0.4) is 0 Å². The molecule has 27 heavy (non-hydrogen) atoms. The van der Waals surface area contributed by atoms with E-state index in [4.69, 9.17) is 4.42 Å². The summed E-state index contributed by atoms with van der Waals surface area (Å²) in [5.74, 6) is 0.646. The molecule has 1 amide bonds. The fourth-order valence-electron chi connectivity index (χ4n) is 3.07. The second-order valence-corrected chi connectivity index (χ2v) is 7.80. The molecular formula is C21H21N3O2S. The van der Waals surface area contributed by atoms with Crippen molar-refractivity contribution in [1.29, 1.82) is 0 Å². The van der Waals surface area contributed by atoms with E-state index in [9.17, 15) is 4.79 Å². The van der Waals surface area contributed by atoms with Crippen LogP contribution in [0.15, 0.2) is 53.1 Å². The van der Waals surface area contributed by atoms with Crippen LogP contribution in [0.2, 0.25) is 0 Å². The Hall–Kier alpha value is -2.86. The van der Waals surface area contributed by atoms with Crippen molar-refractivity contribution in [3.63, 3.8) is 0 Å². The van der Waals surface area contributed by atoms with Gasteiger partial charge in [-0.2, -0.15) is 5.10 Å². The highest BCUT2D eigenvalue weighted by molar-refractivity contribution is 7.20. The number of aromatic nitrogens is 2. The van der Waals surface area contributed by atoms with Crippen LogP contribution in [0.4, 0.5) is 0 Å². The van der Waals surface area contributed by atoms with E-state index >= 15 is 0 Å². The molecule has 0 saturated carbocycles. The molecule has 0 spiro atoms. The van der Waals surface area contributed by atoms with Crippen LogP contribution in [0.5, 0.6) is 0 Å². The quantitative estimate of drug-likeness (QED) is 0.539. The molecule has 6 heteroatoms. The topological polar surface area (TPSA) is 60.1 Å². The van der Waals surface area contributed by atoms with Crippen molar-refractivity contribution in [1.82, 2.24) is 15.1 Å². The van der Waals surface area contributed by atoms with Gasteiger partial charge in [-0.1, -0.05) is 29.8 Å². The number of carbonyl (C=O) groups is 1. The van der Waals surface area contributed by atoms with E-state index in [1.807, 2.05) is 36.7 Å². The summed E-state index contributed by atoms with van der Waals surface area (Å²) in [6, 6.07) is 13.9. The minimum Gasteiger partial charge on any atom is -0.467 e. The molecule has 3 aromatic heterocycles. The van der Waals surface area contributed by atoms with Crippen molar-refractivity contribution >= 4 is 27.5 Å². The van der Waals surface area contributed by atoms with E-state index in [0.717, 1.165) is 21.7 Å². The normalized spacial score (nSPS) is 12.4. The first-order valence-electron chi connectivity index (χ1n) is 8.88. The first-order chi connectivity index (χ1) is 13.0. The molecule has 1 atom stereocenters. The molecule has 0 saturated heterocycles. The number of hydrogen-bond acceptors (Lipinski definition) is 4.